The van der Waals surface area contributed by atoms with E-state index in [-0.39, 0.29) is 22.4 Å². The number of rotatable bonds is 4. The molecule has 0 amide bonds. The third kappa shape index (κ3) is 0.918. The van der Waals surface area contributed by atoms with Gasteiger partial charge in [0, 0.05) is 10.8 Å². The molecule has 1 saturated carbocycles. The van der Waals surface area contributed by atoms with Gasteiger partial charge in [0.15, 0.2) is 0 Å². The lowest BCUT2D eigenvalue weighted by molar-refractivity contribution is -0.176. The second-order valence-electron chi connectivity index (χ2n) is 4.24. The van der Waals surface area contributed by atoms with Crippen molar-refractivity contribution in [2.24, 2.45) is 10.8 Å². The molecule has 0 N–H and O–H groups in total. The van der Waals surface area contributed by atoms with Gasteiger partial charge in [-0.1, -0.05) is 27.7 Å². The highest BCUT2D eigenvalue weighted by atomic mass is 16.2. The van der Waals surface area contributed by atoms with E-state index in [0.29, 0.717) is 0 Å². The highest BCUT2D eigenvalue weighted by Gasteiger charge is 2.68. The molecule has 0 aliphatic heterocycles. The number of hydrogen-bond acceptors (Lipinski definition) is 2. The maximum Gasteiger partial charge on any atom is 0.206 e. The lowest BCUT2D eigenvalue weighted by atomic mass is 9.43. The van der Waals surface area contributed by atoms with Crippen LogP contribution >= 0.6 is 0 Å². The minimum absolute atomic E-state index is 0.119. The first-order valence-electron chi connectivity index (χ1n) is 5.65. The first-order valence-corrected chi connectivity index (χ1v) is 5.65. The minimum atomic E-state index is -0.340. The van der Waals surface area contributed by atoms with Gasteiger partial charge in [0.25, 0.3) is 0 Å². The molecule has 0 spiro atoms. The molecule has 1 rings (SSSR count). The Morgan fingerprint density at radius 1 is 0.714 bits per heavy atom. The van der Waals surface area contributed by atoms with Crippen molar-refractivity contribution in [3.8, 4) is 0 Å². The van der Waals surface area contributed by atoms with E-state index in [2.05, 4.69) is 0 Å². The van der Waals surface area contributed by atoms with Gasteiger partial charge in [-0.05, 0) is 25.7 Å². The molecule has 0 atom stereocenters. The molecule has 0 saturated heterocycles. The standard InChI is InChI=1S/C12H20O2/c1-5-11(6-2)9(13)10(14)12(11,7-3)8-4/h5-8H2,1-4H3. The van der Waals surface area contributed by atoms with Gasteiger partial charge in [-0.2, -0.15) is 0 Å². The summed E-state index contributed by atoms with van der Waals surface area (Å²) < 4.78 is 0. The fraction of sp³-hybridized carbons (Fsp3) is 0.833. The summed E-state index contributed by atoms with van der Waals surface area (Å²) >= 11 is 0. The summed E-state index contributed by atoms with van der Waals surface area (Å²) in [6, 6.07) is 0. The van der Waals surface area contributed by atoms with E-state index in [0.717, 1.165) is 25.7 Å². The second kappa shape index (κ2) is 3.48. The Labute approximate surface area is 86.1 Å². The number of carbonyl (C=O) groups excluding carboxylic acids is 2. The number of ketones is 2. The maximum absolute atomic E-state index is 11.7. The van der Waals surface area contributed by atoms with E-state index >= 15 is 0 Å². The Balaban J connectivity index is 3.16. The molecule has 0 bridgehead atoms. The van der Waals surface area contributed by atoms with Gasteiger partial charge in [-0.15, -0.1) is 0 Å². The lowest BCUT2D eigenvalue weighted by Crippen LogP contribution is -2.66. The third-order valence-corrected chi connectivity index (χ3v) is 4.41. The summed E-state index contributed by atoms with van der Waals surface area (Å²) in [4.78, 5) is 23.5. The van der Waals surface area contributed by atoms with Gasteiger partial charge in [0.1, 0.15) is 0 Å². The first-order chi connectivity index (χ1) is 6.56. The Bertz CT molecular complexity index is 229. The summed E-state index contributed by atoms with van der Waals surface area (Å²) in [5.74, 6) is -0.239. The molecular formula is C12H20O2. The molecule has 0 aromatic heterocycles. The highest BCUT2D eigenvalue weighted by molar-refractivity contribution is 6.48. The Hall–Kier alpha value is -0.660. The molecule has 1 aliphatic rings. The van der Waals surface area contributed by atoms with Crippen molar-refractivity contribution in [1.82, 2.24) is 0 Å². The molecule has 2 heteroatoms. The van der Waals surface area contributed by atoms with Gasteiger partial charge in [-0.3, -0.25) is 9.59 Å². The molecule has 0 aromatic rings. The molecule has 14 heavy (non-hydrogen) atoms. The maximum atomic E-state index is 11.7. The summed E-state index contributed by atoms with van der Waals surface area (Å²) in [6.45, 7) is 8.09. The van der Waals surface area contributed by atoms with E-state index in [1.165, 1.54) is 0 Å². The number of Topliss-reactive ketones (excluding diaryl/α,β-unsaturated/α-hetero) is 2. The van der Waals surface area contributed by atoms with Gasteiger partial charge < -0.3 is 0 Å². The molecular weight excluding hydrogens is 176 g/mol. The van der Waals surface area contributed by atoms with Crippen molar-refractivity contribution >= 4 is 11.6 Å². The van der Waals surface area contributed by atoms with Crippen LogP contribution in [0.2, 0.25) is 0 Å². The zero-order valence-electron chi connectivity index (χ0n) is 9.64. The summed E-state index contributed by atoms with van der Waals surface area (Å²) in [6.07, 6.45) is 3.21. The van der Waals surface area contributed by atoms with Crippen molar-refractivity contribution < 1.29 is 9.59 Å². The van der Waals surface area contributed by atoms with Crippen LogP contribution in [0.1, 0.15) is 53.4 Å². The van der Waals surface area contributed by atoms with Crippen LogP contribution in [0.4, 0.5) is 0 Å². The quantitative estimate of drug-likeness (QED) is 0.648. The van der Waals surface area contributed by atoms with Crippen LogP contribution < -0.4 is 0 Å². The van der Waals surface area contributed by atoms with Crippen molar-refractivity contribution in [2.45, 2.75) is 53.4 Å². The van der Waals surface area contributed by atoms with Gasteiger partial charge in [0.2, 0.25) is 11.6 Å². The van der Waals surface area contributed by atoms with Gasteiger partial charge in [-0.25, -0.2) is 0 Å². The van der Waals surface area contributed by atoms with E-state index in [4.69, 9.17) is 0 Å². The fourth-order valence-corrected chi connectivity index (χ4v) is 3.30. The van der Waals surface area contributed by atoms with Crippen molar-refractivity contribution in [1.29, 1.82) is 0 Å². The number of hydrogen-bond donors (Lipinski definition) is 0. The Kier molecular flexibility index (Phi) is 2.84. The van der Waals surface area contributed by atoms with Gasteiger partial charge in [0.05, 0.1) is 0 Å². The van der Waals surface area contributed by atoms with Crippen LogP contribution in [-0.4, -0.2) is 11.6 Å². The van der Waals surface area contributed by atoms with Crippen molar-refractivity contribution in [3.05, 3.63) is 0 Å². The third-order valence-electron chi connectivity index (χ3n) is 4.41. The molecule has 1 aliphatic carbocycles. The number of carbonyl (C=O) groups is 2. The molecule has 80 valence electrons. The molecule has 0 unspecified atom stereocenters. The summed E-state index contributed by atoms with van der Waals surface area (Å²) in [5, 5.41) is 0. The lowest BCUT2D eigenvalue weighted by Gasteiger charge is -2.55. The van der Waals surface area contributed by atoms with Crippen molar-refractivity contribution in [3.63, 3.8) is 0 Å². The van der Waals surface area contributed by atoms with Crippen LogP contribution in [0, 0.1) is 10.8 Å². The second-order valence-corrected chi connectivity index (χ2v) is 4.24. The fourth-order valence-electron chi connectivity index (χ4n) is 3.30. The average Bonchev–Trinajstić information content (AvgIpc) is 2.24. The van der Waals surface area contributed by atoms with E-state index in [1.54, 1.807) is 0 Å². The van der Waals surface area contributed by atoms with Gasteiger partial charge >= 0.3 is 0 Å². The topological polar surface area (TPSA) is 34.1 Å². The van der Waals surface area contributed by atoms with Crippen LogP contribution in [0.3, 0.4) is 0 Å². The smallest absolute Gasteiger partial charge is 0.206 e. The largest absolute Gasteiger partial charge is 0.290 e. The molecule has 1 fully saturated rings. The van der Waals surface area contributed by atoms with Crippen LogP contribution in [0.5, 0.6) is 0 Å². The zero-order valence-corrected chi connectivity index (χ0v) is 9.64. The average molecular weight is 196 g/mol. The minimum Gasteiger partial charge on any atom is -0.290 e. The molecule has 2 nitrogen and oxygen atoms in total. The summed E-state index contributed by atoms with van der Waals surface area (Å²) in [5.41, 5.74) is -0.679. The SMILES string of the molecule is CCC1(CC)C(=O)C(=O)C1(CC)CC. The summed E-state index contributed by atoms with van der Waals surface area (Å²) in [7, 11) is 0. The van der Waals surface area contributed by atoms with E-state index in [9.17, 15) is 9.59 Å². The molecule has 0 aromatic carbocycles. The predicted molar refractivity (Wildman–Crippen MR) is 56.0 cm³/mol. The Morgan fingerprint density at radius 3 is 1.07 bits per heavy atom. The zero-order chi connectivity index (χ0) is 11.0. The molecule has 0 radical (unpaired) electrons. The highest BCUT2D eigenvalue weighted by Crippen LogP contribution is 2.59. The molecule has 0 heterocycles. The van der Waals surface area contributed by atoms with Crippen LogP contribution in [0.25, 0.3) is 0 Å². The van der Waals surface area contributed by atoms with Crippen LogP contribution in [-0.2, 0) is 9.59 Å². The normalized spacial score (nSPS) is 23.4. The van der Waals surface area contributed by atoms with E-state index in [1.807, 2.05) is 27.7 Å². The monoisotopic (exact) mass is 196 g/mol. The predicted octanol–water partition coefficient (Wildman–Crippen LogP) is 2.75. The first kappa shape index (κ1) is 11.4. The van der Waals surface area contributed by atoms with Crippen molar-refractivity contribution in [2.75, 3.05) is 0 Å². The Morgan fingerprint density at radius 2 is 0.929 bits per heavy atom. The van der Waals surface area contributed by atoms with E-state index < -0.39 is 0 Å². The van der Waals surface area contributed by atoms with Crippen LogP contribution in [0.15, 0.2) is 0 Å².